The molecule has 0 heterocycles. The number of carbonyl (C=O) groups is 2. The molecule has 0 aliphatic heterocycles. The Morgan fingerprint density at radius 1 is 0.759 bits per heavy atom. The molecule has 0 aliphatic rings. The van der Waals surface area contributed by atoms with Gasteiger partial charge in [0.15, 0.2) is 0 Å². The number of carbonyl (C=O) groups excluding carboxylic acids is 2. The van der Waals surface area contributed by atoms with Crippen molar-refractivity contribution in [3.05, 3.63) is 70.8 Å². The maximum atomic E-state index is 10.6. The van der Waals surface area contributed by atoms with Crippen molar-refractivity contribution < 1.29 is 19.8 Å². The molecule has 29 heavy (non-hydrogen) atoms. The maximum absolute atomic E-state index is 10.6. The van der Waals surface area contributed by atoms with E-state index >= 15 is 0 Å². The van der Waals surface area contributed by atoms with E-state index in [0.717, 1.165) is 36.8 Å². The average molecular weight is 590 g/mol. The zero-order chi connectivity index (χ0) is 21.1. The molecular formula is C24H30O4Pb. The van der Waals surface area contributed by atoms with Gasteiger partial charge in [-0.2, -0.15) is 0 Å². The largest absolute Gasteiger partial charge is 2.00 e. The van der Waals surface area contributed by atoms with Gasteiger partial charge in [-0.25, -0.2) is 0 Å². The van der Waals surface area contributed by atoms with Gasteiger partial charge in [0.2, 0.25) is 0 Å². The second-order valence-electron chi connectivity index (χ2n) is 7.21. The molecule has 0 saturated heterocycles. The van der Waals surface area contributed by atoms with Crippen molar-refractivity contribution in [3.8, 4) is 0 Å². The molecule has 0 saturated carbocycles. The molecule has 0 amide bonds. The van der Waals surface area contributed by atoms with Crippen LogP contribution < -0.4 is 10.2 Å². The van der Waals surface area contributed by atoms with Crippen molar-refractivity contribution in [1.82, 2.24) is 0 Å². The van der Waals surface area contributed by atoms with Gasteiger partial charge in [-0.3, -0.25) is 0 Å². The summed E-state index contributed by atoms with van der Waals surface area (Å²) in [6.07, 6.45) is 4.38. The SMILES string of the molecule is CCCC(C)c1cccc(C(=O)[O-])c1.CCCC(C)c1cccc(C(=O)[O-])c1.[Pb+2]. The molecule has 2 atom stereocenters. The molecule has 0 N–H and O–H groups in total. The molecule has 0 bridgehead atoms. The predicted octanol–water partition coefficient (Wildman–Crippen LogP) is 3.53. The number of rotatable bonds is 8. The second kappa shape index (κ2) is 14.3. The smallest absolute Gasteiger partial charge is 0.545 e. The van der Waals surface area contributed by atoms with Gasteiger partial charge in [0.05, 0.1) is 11.9 Å². The summed E-state index contributed by atoms with van der Waals surface area (Å²) in [5.74, 6) is -1.37. The summed E-state index contributed by atoms with van der Waals surface area (Å²) in [5, 5.41) is 21.2. The molecule has 2 aromatic rings. The van der Waals surface area contributed by atoms with Crippen molar-refractivity contribution in [3.63, 3.8) is 0 Å². The van der Waals surface area contributed by atoms with E-state index in [-0.39, 0.29) is 38.4 Å². The third kappa shape index (κ3) is 9.56. The maximum Gasteiger partial charge on any atom is 2.00 e. The molecule has 2 rings (SSSR count). The molecule has 154 valence electrons. The van der Waals surface area contributed by atoms with E-state index in [1.54, 1.807) is 36.4 Å². The Morgan fingerprint density at radius 2 is 1.10 bits per heavy atom. The van der Waals surface area contributed by atoms with E-state index in [1.165, 1.54) is 0 Å². The Hall–Kier alpha value is -1.70. The van der Waals surface area contributed by atoms with Crippen LogP contribution in [0.2, 0.25) is 0 Å². The minimum atomic E-state index is -1.10. The first kappa shape index (κ1) is 27.3. The summed E-state index contributed by atoms with van der Waals surface area (Å²) in [6, 6.07) is 14.0. The van der Waals surface area contributed by atoms with Crippen molar-refractivity contribution in [1.29, 1.82) is 0 Å². The first-order chi connectivity index (χ1) is 13.3. The van der Waals surface area contributed by atoms with Crippen molar-refractivity contribution >= 4 is 39.2 Å². The third-order valence-electron chi connectivity index (χ3n) is 4.83. The summed E-state index contributed by atoms with van der Waals surface area (Å²) >= 11 is 0. The van der Waals surface area contributed by atoms with Gasteiger partial charge in [0.1, 0.15) is 0 Å². The van der Waals surface area contributed by atoms with Gasteiger partial charge in [-0.1, -0.05) is 76.9 Å². The minimum absolute atomic E-state index is 0. The van der Waals surface area contributed by atoms with E-state index in [9.17, 15) is 19.8 Å². The summed E-state index contributed by atoms with van der Waals surface area (Å²) < 4.78 is 0. The van der Waals surface area contributed by atoms with Crippen LogP contribution in [0.15, 0.2) is 48.5 Å². The van der Waals surface area contributed by atoms with Gasteiger partial charge in [-0.15, -0.1) is 0 Å². The molecule has 0 aliphatic carbocycles. The summed E-state index contributed by atoms with van der Waals surface area (Å²) in [4.78, 5) is 21.2. The molecule has 5 heteroatoms. The van der Waals surface area contributed by atoms with Crippen LogP contribution in [0.1, 0.15) is 97.1 Å². The predicted molar refractivity (Wildman–Crippen MR) is 114 cm³/mol. The molecule has 2 radical (unpaired) electrons. The van der Waals surface area contributed by atoms with Crippen molar-refractivity contribution in [2.75, 3.05) is 0 Å². The van der Waals surface area contributed by atoms with Gasteiger partial charge in [0, 0.05) is 0 Å². The van der Waals surface area contributed by atoms with E-state index in [0.29, 0.717) is 11.8 Å². The zero-order valence-electron chi connectivity index (χ0n) is 17.7. The quantitative estimate of drug-likeness (QED) is 0.442. The number of carboxylic acids is 2. The van der Waals surface area contributed by atoms with Crippen LogP contribution in [0.5, 0.6) is 0 Å². The number of benzene rings is 2. The van der Waals surface area contributed by atoms with Gasteiger partial charge in [-0.05, 0) is 59.1 Å². The fourth-order valence-electron chi connectivity index (χ4n) is 3.14. The first-order valence-electron chi connectivity index (χ1n) is 9.92. The van der Waals surface area contributed by atoms with Crippen molar-refractivity contribution in [2.24, 2.45) is 0 Å². The molecule has 2 unspecified atom stereocenters. The first-order valence-corrected chi connectivity index (χ1v) is 9.92. The summed E-state index contributed by atoms with van der Waals surface area (Å²) in [7, 11) is 0. The standard InChI is InChI=1S/2C12H16O2.Pb/c2*1-3-5-9(2)10-6-4-7-11(8-10)12(13)14;/h2*4,6-9H,3,5H2,1-2H3,(H,13,14);/q;;+2/p-2. The Balaban J connectivity index is 0.000000523. The molecular weight excluding hydrogens is 559 g/mol. The van der Waals surface area contributed by atoms with Crippen LogP contribution in [-0.2, 0) is 0 Å². The van der Waals surface area contributed by atoms with Crippen LogP contribution in [0, 0.1) is 0 Å². The Bertz CT molecular complexity index is 707. The van der Waals surface area contributed by atoms with Crippen LogP contribution >= 0.6 is 0 Å². The number of carboxylic acid groups (broad SMARTS) is 2. The molecule has 2 aromatic carbocycles. The molecule has 4 nitrogen and oxygen atoms in total. The molecule has 0 fully saturated rings. The van der Waals surface area contributed by atoms with Crippen LogP contribution in [-0.4, -0.2) is 39.2 Å². The fraction of sp³-hybridized carbons (Fsp3) is 0.417. The van der Waals surface area contributed by atoms with Crippen molar-refractivity contribution in [2.45, 2.75) is 65.2 Å². The van der Waals surface area contributed by atoms with Crippen LogP contribution in [0.4, 0.5) is 0 Å². The second-order valence-corrected chi connectivity index (χ2v) is 7.21. The van der Waals surface area contributed by atoms with Crippen LogP contribution in [0.25, 0.3) is 0 Å². The fourth-order valence-corrected chi connectivity index (χ4v) is 3.14. The zero-order valence-corrected chi connectivity index (χ0v) is 21.6. The van der Waals surface area contributed by atoms with Gasteiger partial charge < -0.3 is 19.8 Å². The minimum Gasteiger partial charge on any atom is -0.545 e. The van der Waals surface area contributed by atoms with E-state index < -0.39 is 11.9 Å². The number of aromatic carboxylic acids is 2. The van der Waals surface area contributed by atoms with Gasteiger partial charge >= 0.3 is 27.3 Å². The van der Waals surface area contributed by atoms with E-state index in [2.05, 4.69) is 27.7 Å². The number of hydrogen-bond acceptors (Lipinski definition) is 4. The molecule has 0 aromatic heterocycles. The monoisotopic (exact) mass is 590 g/mol. The molecule has 0 spiro atoms. The number of hydrogen-bond donors (Lipinski definition) is 0. The third-order valence-corrected chi connectivity index (χ3v) is 4.83. The average Bonchev–Trinajstić information content (AvgIpc) is 2.69. The topological polar surface area (TPSA) is 80.3 Å². The summed E-state index contributed by atoms with van der Waals surface area (Å²) in [6.45, 7) is 8.47. The Morgan fingerprint density at radius 3 is 1.38 bits per heavy atom. The van der Waals surface area contributed by atoms with Gasteiger partial charge in [0.25, 0.3) is 0 Å². The summed E-state index contributed by atoms with van der Waals surface area (Å²) in [5.41, 5.74) is 2.69. The Kier molecular flexibility index (Phi) is 13.5. The Labute approximate surface area is 194 Å². The normalized spacial score (nSPS) is 12.0. The van der Waals surface area contributed by atoms with E-state index in [4.69, 9.17) is 0 Å². The van der Waals surface area contributed by atoms with E-state index in [1.807, 2.05) is 12.1 Å². The van der Waals surface area contributed by atoms with Crippen LogP contribution in [0.3, 0.4) is 0 Å².